The van der Waals surface area contributed by atoms with E-state index in [1.54, 1.807) is 0 Å². The number of nitrogens with zero attached hydrogens (tertiary/aromatic N) is 2. The lowest BCUT2D eigenvalue weighted by atomic mass is 10.00. The average Bonchev–Trinajstić information content (AvgIpc) is 2.58. The van der Waals surface area contributed by atoms with Gasteiger partial charge in [-0.15, -0.1) is 0 Å². The van der Waals surface area contributed by atoms with Gasteiger partial charge in [-0.05, 0) is 57.1 Å². The van der Waals surface area contributed by atoms with Gasteiger partial charge in [0.05, 0.1) is 0 Å². The van der Waals surface area contributed by atoms with Gasteiger partial charge in [0.1, 0.15) is 11.9 Å². The van der Waals surface area contributed by atoms with Crippen LogP contribution in [0.1, 0.15) is 29.2 Å². The molecule has 1 aromatic carbocycles. The van der Waals surface area contributed by atoms with E-state index in [-0.39, 0.29) is 11.9 Å². The number of likely N-dealkylation sites (N-methyl/N-ethyl adjacent to an activating group) is 1. The maximum absolute atomic E-state index is 12.6. The molecule has 0 aliphatic rings. The molecule has 0 aliphatic heterocycles. The Kier molecular flexibility index (Phi) is 6.95. The second-order valence-corrected chi connectivity index (χ2v) is 6.51. The van der Waals surface area contributed by atoms with Crippen molar-refractivity contribution in [1.82, 2.24) is 15.2 Å². The Morgan fingerprint density at radius 3 is 2.52 bits per heavy atom. The van der Waals surface area contributed by atoms with E-state index in [1.807, 2.05) is 75.4 Å². The van der Waals surface area contributed by atoms with Crippen LogP contribution in [-0.4, -0.2) is 43.0 Å². The Morgan fingerprint density at radius 2 is 1.88 bits per heavy atom. The van der Waals surface area contributed by atoms with Crippen molar-refractivity contribution in [1.29, 1.82) is 0 Å². The number of pyridine rings is 1. The molecule has 1 atom stereocenters. The van der Waals surface area contributed by atoms with Crippen LogP contribution in [0.2, 0.25) is 0 Å². The first-order valence-corrected chi connectivity index (χ1v) is 8.65. The minimum atomic E-state index is -0.270. The summed E-state index contributed by atoms with van der Waals surface area (Å²) in [6, 6.07) is 11.8. The lowest BCUT2D eigenvalue weighted by Crippen LogP contribution is -2.38. The molecule has 25 heavy (non-hydrogen) atoms. The van der Waals surface area contributed by atoms with Crippen molar-refractivity contribution in [3.8, 4) is 0 Å². The molecule has 5 heteroatoms. The fourth-order valence-corrected chi connectivity index (χ4v) is 2.73. The molecule has 134 valence electrons. The average molecular weight is 340 g/mol. The maximum atomic E-state index is 12.6. The van der Waals surface area contributed by atoms with Crippen LogP contribution in [0.4, 0.5) is 5.82 Å². The highest BCUT2D eigenvalue weighted by atomic mass is 16.2. The summed E-state index contributed by atoms with van der Waals surface area (Å²) >= 11 is 0. The Balaban J connectivity index is 1.81. The molecule has 1 amide bonds. The minimum absolute atomic E-state index is 0.0350. The number of hydrogen-bond donors (Lipinski definition) is 2. The van der Waals surface area contributed by atoms with E-state index in [2.05, 4.69) is 15.6 Å². The molecule has 0 saturated heterocycles. The molecule has 2 N–H and O–H groups in total. The van der Waals surface area contributed by atoms with Gasteiger partial charge in [-0.1, -0.05) is 30.3 Å². The summed E-state index contributed by atoms with van der Waals surface area (Å²) in [5.74, 6) is 0.899. The van der Waals surface area contributed by atoms with Crippen molar-refractivity contribution in [2.24, 2.45) is 0 Å². The van der Waals surface area contributed by atoms with Crippen molar-refractivity contribution >= 4 is 11.7 Å². The minimum Gasteiger partial charge on any atom is -0.370 e. The first-order chi connectivity index (χ1) is 12.0. The third-order valence-electron chi connectivity index (χ3n) is 4.12. The molecule has 5 nitrogen and oxygen atoms in total. The highest BCUT2D eigenvalue weighted by Gasteiger charge is 2.23. The number of hydrogen-bond acceptors (Lipinski definition) is 4. The summed E-state index contributed by atoms with van der Waals surface area (Å²) < 4.78 is 0. The van der Waals surface area contributed by atoms with Crippen LogP contribution < -0.4 is 10.6 Å². The Morgan fingerprint density at radius 1 is 1.12 bits per heavy atom. The summed E-state index contributed by atoms with van der Waals surface area (Å²) in [4.78, 5) is 18.9. The van der Waals surface area contributed by atoms with Gasteiger partial charge in [-0.2, -0.15) is 0 Å². The van der Waals surface area contributed by atoms with Crippen molar-refractivity contribution in [2.75, 3.05) is 32.5 Å². The second-order valence-electron chi connectivity index (χ2n) is 6.51. The normalized spacial score (nSPS) is 12.0. The highest BCUT2D eigenvalue weighted by molar-refractivity contribution is 5.83. The molecule has 0 radical (unpaired) electrons. The third kappa shape index (κ3) is 5.57. The lowest BCUT2D eigenvalue weighted by Gasteiger charge is -2.25. The van der Waals surface area contributed by atoms with Crippen LogP contribution in [0.25, 0.3) is 0 Å². The summed E-state index contributed by atoms with van der Waals surface area (Å²) in [6.45, 7) is 5.46. The van der Waals surface area contributed by atoms with Crippen LogP contribution in [-0.2, 0) is 4.79 Å². The van der Waals surface area contributed by atoms with Gasteiger partial charge >= 0.3 is 0 Å². The molecule has 2 aromatic rings. The monoisotopic (exact) mass is 340 g/mol. The van der Waals surface area contributed by atoms with Gasteiger partial charge in [-0.3, -0.25) is 9.69 Å². The number of carbonyl (C=O) groups is 1. The molecule has 0 unspecified atom stereocenters. The van der Waals surface area contributed by atoms with Crippen molar-refractivity contribution < 1.29 is 4.79 Å². The zero-order valence-electron chi connectivity index (χ0n) is 15.5. The van der Waals surface area contributed by atoms with Gasteiger partial charge in [0.25, 0.3) is 0 Å². The predicted octanol–water partition coefficient (Wildman–Crippen LogP) is 2.92. The number of aromatic nitrogens is 1. The topological polar surface area (TPSA) is 57.3 Å². The quantitative estimate of drug-likeness (QED) is 0.726. The smallest absolute Gasteiger partial charge is 0.241 e. The van der Waals surface area contributed by atoms with E-state index < -0.39 is 0 Å². The molecular formula is C20H28N4O. The summed E-state index contributed by atoms with van der Waals surface area (Å²) in [5, 5.41) is 6.31. The number of rotatable bonds is 8. The van der Waals surface area contributed by atoms with E-state index in [0.717, 1.165) is 35.5 Å². The molecule has 1 aromatic heterocycles. The molecule has 0 fully saturated rings. The molecule has 0 spiro atoms. The maximum Gasteiger partial charge on any atom is 0.241 e. The standard InChI is InChI=1S/C20H28N4O/c1-15-10-11-18(23-14-15)21-12-7-13-22-20(25)19(24(3)4)17-9-6-5-8-16(17)2/h5-6,8-11,14,19H,7,12-13H2,1-4H3,(H,21,23)(H,22,25)/t19-/m1/s1. The van der Waals surface area contributed by atoms with Gasteiger partial charge in [0.15, 0.2) is 0 Å². The van der Waals surface area contributed by atoms with Crippen molar-refractivity contribution in [3.05, 3.63) is 59.3 Å². The number of carbonyl (C=O) groups excluding carboxylic acids is 1. The van der Waals surface area contributed by atoms with E-state index in [1.165, 1.54) is 0 Å². The Bertz CT molecular complexity index is 682. The molecule has 2 rings (SSSR count). The van der Waals surface area contributed by atoms with Gasteiger partial charge in [-0.25, -0.2) is 4.98 Å². The summed E-state index contributed by atoms with van der Waals surface area (Å²) in [5.41, 5.74) is 3.32. The number of amides is 1. The fraction of sp³-hybridized carbons (Fsp3) is 0.400. The first kappa shape index (κ1) is 18.9. The molecule has 0 aliphatic carbocycles. The van der Waals surface area contributed by atoms with Crippen LogP contribution in [0.15, 0.2) is 42.6 Å². The van der Waals surface area contributed by atoms with Crippen LogP contribution in [0, 0.1) is 13.8 Å². The number of benzene rings is 1. The zero-order chi connectivity index (χ0) is 18.2. The number of aryl methyl sites for hydroxylation is 2. The highest BCUT2D eigenvalue weighted by Crippen LogP contribution is 2.21. The largest absolute Gasteiger partial charge is 0.370 e. The summed E-state index contributed by atoms with van der Waals surface area (Å²) in [7, 11) is 3.86. The van der Waals surface area contributed by atoms with Crippen LogP contribution in [0.5, 0.6) is 0 Å². The van der Waals surface area contributed by atoms with Crippen LogP contribution >= 0.6 is 0 Å². The van der Waals surface area contributed by atoms with Crippen LogP contribution in [0.3, 0.4) is 0 Å². The molecular weight excluding hydrogens is 312 g/mol. The summed E-state index contributed by atoms with van der Waals surface area (Å²) in [6.07, 6.45) is 2.68. The first-order valence-electron chi connectivity index (χ1n) is 8.65. The predicted molar refractivity (Wildman–Crippen MR) is 103 cm³/mol. The SMILES string of the molecule is Cc1ccc(NCCCNC(=O)[C@@H](c2ccccc2C)N(C)C)nc1. The Labute approximate surface area is 150 Å². The lowest BCUT2D eigenvalue weighted by molar-refractivity contribution is -0.125. The molecule has 1 heterocycles. The van der Waals surface area contributed by atoms with Gasteiger partial charge < -0.3 is 10.6 Å². The van der Waals surface area contributed by atoms with Crippen molar-refractivity contribution in [2.45, 2.75) is 26.3 Å². The second kappa shape index (κ2) is 9.18. The molecule has 0 bridgehead atoms. The zero-order valence-corrected chi connectivity index (χ0v) is 15.5. The number of nitrogens with one attached hydrogen (secondary N) is 2. The third-order valence-corrected chi connectivity index (χ3v) is 4.12. The number of anilines is 1. The van der Waals surface area contributed by atoms with Gasteiger partial charge in [0, 0.05) is 19.3 Å². The van der Waals surface area contributed by atoms with Gasteiger partial charge in [0.2, 0.25) is 5.91 Å². The van der Waals surface area contributed by atoms with E-state index in [4.69, 9.17) is 0 Å². The van der Waals surface area contributed by atoms with E-state index >= 15 is 0 Å². The van der Waals surface area contributed by atoms with Crippen molar-refractivity contribution in [3.63, 3.8) is 0 Å². The van der Waals surface area contributed by atoms with E-state index in [0.29, 0.717) is 6.54 Å². The Hall–Kier alpha value is -2.40. The fourth-order valence-electron chi connectivity index (χ4n) is 2.73. The van der Waals surface area contributed by atoms with E-state index in [9.17, 15) is 4.79 Å². The molecule has 0 saturated carbocycles.